The average Bonchev–Trinajstić information content (AvgIpc) is 3.00. The highest BCUT2D eigenvalue weighted by Crippen LogP contribution is 2.50. The predicted octanol–water partition coefficient (Wildman–Crippen LogP) is 4.59. The third kappa shape index (κ3) is 2.97. The maximum atomic E-state index is 13.2. The fraction of sp³-hybridized carbons (Fsp3) is 0.455. The van der Waals surface area contributed by atoms with Crippen LogP contribution in [0.1, 0.15) is 56.4 Å². The quantitative estimate of drug-likeness (QED) is 0.834. The van der Waals surface area contributed by atoms with Gasteiger partial charge in [-0.05, 0) is 43.4 Å². The van der Waals surface area contributed by atoms with Gasteiger partial charge in [0.2, 0.25) is 5.88 Å². The maximum Gasteiger partial charge on any atom is 0.233 e. The lowest BCUT2D eigenvalue weighted by molar-refractivity contribution is -0.118. The van der Waals surface area contributed by atoms with E-state index in [1.807, 2.05) is 32.0 Å². The van der Waals surface area contributed by atoms with Crippen LogP contribution < -0.4 is 14.8 Å². The van der Waals surface area contributed by atoms with Gasteiger partial charge in [0.25, 0.3) is 0 Å². The summed E-state index contributed by atoms with van der Waals surface area (Å²) >= 11 is 0. The molecule has 1 aliphatic carbocycles. The van der Waals surface area contributed by atoms with Crippen molar-refractivity contribution in [2.45, 2.75) is 46.5 Å². The highest BCUT2D eigenvalue weighted by molar-refractivity contribution is 6.01. The van der Waals surface area contributed by atoms with Crippen LogP contribution in [0, 0.1) is 12.3 Å². The lowest BCUT2D eigenvalue weighted by Crippen LogP contribution is -2.33. The Labute approximate surface area is 164 Å². The zero-order valence-electron chi connectivity index (χ0n) is 17.0. The molecular formula is C22H26N2O4. The van der Waals surface area contributed by atoms with Crippen LogP contribution in [0.5, 0.6) is 11.5 Å². The molecule has 2 aliphatic rings. The molecule has 0 fully saturated rings. The summed E-state index contributed by atoms with van der Waals surface area (Å²) in [7, 11) is 1.62. The molecule has 148 valence electrons. The van der Waals surface area contributed by atoms with E-state index in [1.165, 1.54) is 0 Å². The standard InChI is InChI=1S/C22H26N2O4/c1-6-27-16-8-7-13(9-17(16)26-5)19-18-12(2)24-28-21(18)23-14-10-22(3,4)11-15(25)20(14)19/h7-9,19,23H,6,10-11H2,1-5H3/t19-/m1/s1. The number of aromatic nitrogens is 1. The van der Waals surface area contributed by atoms with E-state index >= 15 is 0 Å². The van der Waals surface area contributed by atoms with Gasteiger partial charge in [-0.3, -0.25) is 4.79 Å². The summed E-state index contributed by atoms with van der Waals surface area (Å²) in [5.41, 5.74) is 4.32. The zero-order chi connectivity index (χ0) is 20.1. The number of aryl methyl sites for hydroxylation is 1. The van der Waals surface area contributed by atoms with Gasteiger partial charge in [-0.15, -0.1) is 0 Å². The summed E-state index contributed by atoms with van der Waals surface area (Å²) < 4.78 is 16.7. The molecule has 0 saturated heterocycles. The molecular weight excluding hydrogens is 356 g/mol. The van der Waals surface area contributed by atoms with E-state index in [-0.39, 0.29) is 17.1 Å². The summed E-state index contributed by atoms with van der Waals surface area (Å²) in [5.74, 6) is 1.91. The summed E-state index contributed by atoms with van der Waals surface area (Å²) in [6, 6.07) is 5.85. The molecule has 1 aromatic carbocycles. The number of nitrogens with zero attached hydrogens (tertiary/aromatic N) is 1. The van der Waals surface area contributed by atoms with Crippen molar-refractivity contribution in [3.63, 3.8) is 0 Å². The number of fused-ring (bicyclic) bond motifs is 1. The second kappa shape index (κ2) is 6.69. The molecule has 0 amide bonds. The Balaban J connectivity index is 1.89. The van der Waals surface area contributed by atoms with Crippen molar-refractivity contribution >= 4 is 11.7 Å². The first kappa shape index (κ1) is 18.6. The van der Waals surface area contributed by atoms with Crippen molar-refractivity contribution in [2.24, 2.45) is 5.41 Å². The lowest BCUT2D eigenvalue weighted by atomic mass is 9.69. The van der Waals surface area contributed by atoms with Gasteiger partial charge >= 0.3 is 0 Å². The van der Waals surface area contributed by atoms with Gasteiger partial charge in [0.15, 0.2) is 17.3 Å². The highest BCUT2D eigenvalue weighted by Gasteiger charge is 2.43. The molecule has 0 spiro atoms. The van der Waals surface area contributed by atoms with Gasteiger partial charge in [-0.25, -0.2) is 0 Å². The molecule has 1 atom stereocenters. The Morgan fingerprint density at radius 1 is 1.29 bits per heavy atom. The number of ketones is 1. The predicted molar refractivity (Wildman–Crippen MR) is 106 cm³/mol. The lowest BCUT2D eigenvalue weighted by Gasteiger charge is -2.37. The van der Waals surface area contributed by atoms with Crippen LogP contribution in [0.15, 0.2) is 34.0 Å². The molecule has 2 heterocycles. The smallest absolute Gasteiger partial charge is 0.233 e. The molecule has 6 heteroatoms. The Morgan fingerprint density at radius 3 is 2.79 bits per heavy atom. The van der Waals surface area contributed by atoms with Crippen LogP contribution in [-0.2, 0) is 4.79 Å². The van der Waals surface area contributed by atoms with Crippen LogP contribution in [0.25, 0.3) is 0 Å². The largest absolute Gasteiger partial charge is 0.493 e. The Morgan fingerprint density at radius 2 is 2.07 bits per heavy atom. The summed E-state index contributed by atoms with van der Waals surface area (Å²) in [5, 5.41) is 7.49. The number of nitrogens with one attached hydrogen (secondary N) is 1. The van der Waals surface area contributed by atoms with E-state index < -0.39 is 0 Å². The normalized spacial score (nSPS) is 20.3. The minimum absolute atomic E-state index is 0.0868. The summed E-state index contributed by atoms with van der Waals surface area (Å²) in [4.78, 5) is 13.2. The monoisotopic (exact) mass is 382 g/mol. The number of benzene rings is 1. The van der Waals surface area contributed by atoms with Gasteiger partial charge in [-0.2, -0.15) is 0 Å². The fourth-order valence-electron chi connectivity index (χ4n) is 4.34. The minimum Gasteiger partial charge on any atom is -0.493 e. The number of Topliss-reactive ketones (excluding diaryl/α,β-unsaturated/α-hetero) is 1. The van der Waals surface area contributed by atoms with Crippen molar-refractivity contribution < 1.29 is 18.8 Å². The molecule has 4 rings (SSSR count). The zero-order valence-corrected chi connectivity index (χ0v) is 17.0. The second-order valence-corrected chi connectivity index (χ2v) is 8.25. The van der Waals surface area contributed by atoms with Crippen LogP contribution in [0.3, 0.4) is 0 Å². The average molecular weight is 382 g/mol. The van der Waals surface area contributed by atoms with Crippen molar-refractivity contribution in [2.75, 3.05) is 19.0 Å². The maximum absolute atomic E-state index is 13.2. The first-order valence-electron chi connectivity index (χ1n) is 9.64. The van der Waals surface area contributed by atoms with Crippen LogP contribution in [-0.4, -0.2) is 24.7 Å². The van der Waals surface area contributed by atoms with E-state index in [0.717, 1.165) is 34.5 Å². The molecule has 1 aromatic heterocycles. The SMILES string of the molecule is CCOc1ccc([C@H]2C3=C(CC(C)(C)CC3=O)Nc3onc(C)c32)cc1OC. The second-order valence-electron chi connectivity index (χ2n) is 8.25. The molecule has 2 aromatic rings. The number of rotatable bonds is 4. The Hall–Kier alpha value is -2.76. The third-order valence-corrected chi connectivity index (χ3v) is 5.49. The van der Waals surface area contributed by atoms with Crippen molar-refractivity contribution in [3.8, 4) is 11.5 Å². The van der Waals surface area contributed by atoms with Crippen LogP contribution in [0.4, 0.5) is 5.88 Å². The molecule has 0 saturated carbocycles. The van der Waals surface area contributed by atoms with E-state index in [2.05, 4.69) is 24.3 Å². The van der Waals surface area contributed by atoms with Crippen molar-refractivity contribution in [1.29, 1.82) is 0 Å². The molecule has 1 aliphatic heterocycles. The van der Waals surface area contributed by atoms with Gasteiger partial charge in [0.05, 0.1) is 25.0 Å². The number of hydrogen-bond acceptors (Lipinski definition) is 6. The fourth-order valence-corrected chi connectivity index (χ4v) is 4.34. The minimum atomic E-state index is -0.231. The van der Waals surface area contributed by atoms with Gasteiger partial charge in [0, 0.05) is 23.6 Å². The van der Waals surface area contributed by atoms with Crippen molar-refractivity contribution in [3.05, 3.63) is 46.3 Å². The number of carbonyl (C=O) groups excluding carboxylic acids is 1. The topological polar surface area (TPSA) is 73.6 Å². The number of ether oxygens (including phenoxy) is 2. The van der Waals surface area contributed by atoms with Gasteiger partial charge < -0.3 is 19.3 Å². The summed E-state index contributed by atoms with van der Waals surface area (Å²) in [6.07, 6.45) is 1.32. The van der Waals surface area contributed by atoms with Gasteiger partial charge in [-0.1, -0.05) is 25.1 Å². The number of anilines is 1. The first-order chi connectivity index (χ1) is 13.3. The number of allylic oxidation sites excluding steroid dienone is 2. The number of carbonyl (C=O) groups is 1. The Kier molecular flexibility index (Phi) is 4.44. The molecule has 0 bridgehead atoms. The van der Waals surface area contributed by atoms with E-state index in [9.17, 15) is 4.79 Å². The Bertz CT molecular complexity index is 971. The highest BCUT2D eigenvalue weighted by atomic mass is 16.5. The number of hydrogen-bond donors (Lipinski definition) is 1. The third-order valence-electron chi connectivity index (χ3n) is 5.49. The van der Waals surface area contributed by atoms with Gasteiger partial charge in [0.1, 0.15) is 0 Å². The van der Waals surface area contributed by atoms with E-state index in [1.54, 1.807) is 7.11 Å². The molecule has 1 N–H and O–H groups in total. The summed E-state index contributed by atoms with van der Waals surface area (Å²) in [6.45, 7) is 8.64. The van der Waals surface area contributed by atoms with E-state index in [0.29, 0.717) is 30.4 Å². The molecule has 6 nitrogen and oxygen atoms in total. The molecule has 28 heavy (non-hydrogen) atoms. The number of methoxy groups -OCH3 is 1. The van der Waals surface area contributed by atoms with Crippen molar-refractivity contribution in [1.82, 2.24) is 5.16 Å². The molecule has 0 unspecified atom stereocenters. The van der Waals surface area contributed by atoms with Crippen LogP contribution in [0.2, 0.25) is 0 Å². The first-order valence-corrected chi connectivity index (χ1v) is 9.64. The van der Waals surface area contributed by atoms with Crippen LogP contribution >= 0.6 is 0 Å². The molecule has 0 radical (unpaired) electrons. The van der Waals surface area contributed by atoms with E-state index in [4.69, 9.17) is 14.0 Å².